The largest absolute Gasteiger partial charge is 0.493 e. The summed E-state index contributed by atoms with van der Waals surface area (Å²) in [6.07, 6.45) is 1.64. The van der Waals surface area contributed by atoms with Crippen LogP contribution in [0.3, 0.4) is 0 Å². The Morgan fingerprint density at radius 1 is 0.944 bits per heavy atom. The van der Waals surface area contributed by atoms with Crippen molar-refractivity contribution in [3.8, 4) is 23.0 Å². The Bertz CT molecular complexity index is 1420. The van der Waals surface area contributed by atoms with E-state index in [0.717, 1.165) is 5.56 Å². The van der Waals surface area contributed by atoms with Gasteiger partial charge in [0.15, 0.2) is 17.3 Å². The highest BCUT2D eigenvalue weighted by atomic mass is 16.5. The summed E-state index contributed by atoms with van der Waals surface area (Å²) in [5.74, 6) is 0.195. The molecule has 2 heterocycles. The number of carbonyl (C=O) groups is 3. The van der Waals surface area contributed by atoms with Gasteiger partial charge in [-0.05, 0) is 42.0 Å². The van der Waals surface area contributed by atoms with E-state index in [0.29, 0.717) is 45.3 Å². The van der Waals surface area contributed by atoms with Crippen molar-refractivity contribution in [2.75, 3.05) is 21.3 Å². The number of rotatable bonds is 5. The fourth-order valence-electron chi connectivity index (χ4n) is 4.54. The van der Waals surface area contributed by atoms with Crippen LogP contribution in [0.4, 0.5) is 0 Å². The number of hydrogen-bond donors (Lipinski definition) is 0. The van der Waals surface area contributed by atoms with Crippen molar-refractivity contribution in [2.24, 2.45) is 0 Å². The Labute approximate surface area is 207 Å². The van der Waals surface area contributed by atoms with Crippen LogP contribution in [-0.4, -0.2) is 39.1 Å². The van der Waals surface area contributed by atoms with E-state index >= 15 is 0 Å². The number of methoxy groups -OCH3 is 3. The molecular formula is C28H22O8. The minimum Gasteiger partial charge on any atom is -0.493 e. The van der Waals surface area contributed by atoms with E-state index in [1.165, 1.54) is 14.2 Å². The van der Waals surface area contributed by atoms with Crippen molar-refractivity contribution in [2.45, 2.75) is 12.3 Å². The van der Waals surface area contributed by atoms with Gasteiger partial charge < -0.3 is 23.7 Å². The third-order valence-corrected chi connectivity index (χ3v) is 6.22. The minimum absolute atomic E-state index is 0.0402. The van der Waals surface area contributed by atoms with Crippen LogP contribution in [0.1, 0.15) is 49.7 Å². The highest BCUT2D eigenvalue weighted by Gasteiger charge is 2.39. The average molecular weight is 486 g/mol. The van der Waals surface area contributed by atoms with Gasteiger partial charge in [0.1, 0.15) is 11.5 Å². The number of hydrogen-bond acceptors (Lipinski definition) is 8. The Balaban J connectivity index is 1.58. The van der Waals surface area contributed by atoms with Crippen LogP contribution in [0.15, 0.2) is 60.4 Å². The highest BCUT2D eigenvalue weighted by Crippen LogP contribution is 2.51. The predicted octanol–water partition coefficient (Wildman–Crippen LogP) is 4.55. The van der Waals surface area contributed by atoms with E-state index in [4.69, 9.17) is 23.7 Å². The predicted molar refractivity (Wildman–Crippen MR) is 129 cm³/mol. The SMILES string of the molecule is COC(=O)c1ccc(C=C2Oc3c(ccc4c3C(c3cccc(OC)c3OC)CC(=O)O4)C2=O)cc1. The fraction of sp³-hybridized carbons (Fsp3) is 0.179. The van der Waals surface area contributed by atoms with Gasteiger partial charge in [-0.2, -0.15) is 0 Å². The summed E-state index contributed by atoms with van der Waals surface area (Å²) in [7, 11) is 4.39. The molecule has 5 rings (SSSR count). The summed E-state index contributed by atoms with van der Waals surface area (Å²) >= 11 is 0. The molecule has 0 aliphatic carbocycles. The fourth-order valence-corrected chi connectivity index (χ4v) is 4.54. The van der Waals surface area contributed by atoms with Crippen molar-refractivity contribution in [1.29, 1.82) is 0 Å². The number of ketones is 1. The molecule has 2 aliphatic rings. The molecule has 0 amide bonds. The van der Waals surface area contributed by atoms with Crippen LogP contribution in [-0.2, 0) is 9.53 Å². The molecule has 1 atom stereocenters. The van der Waals surface area contributed by atoms with Crippen LogP contribution >= 0.6 is 0 Å². The molecule has 182 valence electrons. The second kappa shape index (κ2) is 9.22. The third kappa shape index (κ3) is 3.86. The van der Waals surface area contributed by atoms with Crippen molar-refractivity contribution >= 4 is 23.8 Å². The molecular weight excluding hydrogens is 464 g/mol. The lowest BCUT2D eigenvalue weighted by atomic mass is 9.84. The molecule has 1 unspecified atom stereocenters. The summed E-state index contributed by atoms with van der Waals surface area (Å²) in [5, 5.41) is 0. The summed E-state index contributed by atoms with van der Waals surface area (Å²) in [6.45, 7) is 0. The second-order valence-electron chi connectivity index (χ2n) is 8.22. The maximum atomic E-state index is 13.2. The number of Topliss-reactive ketones (excluding diaryl/α,β-unsaturated/α-hetero) is 1. The smallest absolute Gasteiger partial charge is 0.337 e. The van der Waals surface area contributed by atoms with E-state index in [-0.39, 0.29) is 18.0 Å². The van der Waals surface area contributed by atoms with Gasteiger partial charge in [-0.3, -0.25) is 9.59 Å². The lowest BCUT2D eigenvalue weighted by Gasteiger charge is -2.27. The number of benzene rings is 3. The van der Waals surface area contributed by atoms with E-state index < -0.39 is 17.9 Å². The second-order valence-corrected chi connectivity index (χ2v) is 8.22. The molecule has 0 radical (unpaired) electrons. The van der Waals surface area contributed by atoms with E-state index in [9.17, 15) is 14.4 Å². The zero-order valence-corrected chi connectivity index (χ0v) is 19.8. The number of fused-ring (bicyclic) bond motifs is 3. The first-order valence-electron chi connectivity index (χ1n) is 11.2. The molecule has 0 saturated heterocycles. The minimum atomic E-state index is -0.479. The van der Waals surface area contributed by atoms with Crippen LogP contribution in [0.5, 0.6) is 23.0 Å². The topological polar surface area (TPSA) is 97.4 Å². The maximum Gasteiger partial charge on any atom is 0.337 e. The molecule has 3 aromatic carbocycles. The van der Waals surface area contributed by atoms with Crippen LogP contribution in [0, 0.1) is 0 Å². The molecule has 0 saturated carbocycles. The Hall–Kier alpha value is -4.59. The standard InChI is InChI=1S/C28H22O8/c1-32-21-6-4-5-17(26(21)33-2)19-14-23(29)35-20-12-11-18-25(30)22(36-27(18)24(19)20)13-15-7-9-16(10-8-15)28(31)34-3/h4-13,19H,14H2,1-3H3. The van der Waals surface area contributed by atoms with Gasteiger partial charge >= 0.3 is 11.9 Å². The monoisotopic (exact) mass is 486 g/mol. The van der Waals surface area contributed by atoms with Gasteiger partial charge in [0, 0.05) is 17.0 Å². The van der Waals surface area contributed by atoms with Crippen LogP contribution in [0.25, 0.3) is 6.08 Å². The molecule has 2 aliphatic heterocycles. The number of esters is 2. The summed E-state index contributed by atoms with van der Waals surface area (Å²) in [4.78, 5) is 37.4. The van der Waals surface area contributed by atoms with Crippen molar-refractivity contribution in [1.82, 2.24) is 0 Å². The Morgan fingerprint density at radius 3 is 2.42 bits per heavy atom. The quantitative estimate of drug-likeness (QED) is 0.294. The summed E-state index contributed by atoms with van der Waals surface area (Å²) < 4.78 is 27.4. The van der Waals surface area contributed by atoms with Gasteiger partial charge in [-0.15, -0.1) is 0 Å². The summed E-state index contributed by atoms with van der Waals surface area (Å²) in [5.41, 5.74) is 2.75. The molecule has 0 aromatic heterocycles. The highest BCUT2D eigenvalue weighted by molar-refractivity contribution is 6.15. The molecule has 8 nitrogen and oxygen atoms in total. The normalized spacial score (nSPS) is 17.1. The number of allylic oxidation sites excluding steroid dienone is 1. The zero-order valence-electron chi connectivity index (χ0n) is 19.8. The van der Waals surface area contributed by atoms with Gasteiger partial charge in [-0.1, -0.05) is 24.3 Å². The molecule has 8 heteroatoms. The lowest BCUT2D eigenvalue weighted by Crippen LogP contribution is -2.22. The molecule has 36 heavy (non-hydrogen) atoms. The van der Waals surface area contributed by atoms with Gasteiger partial charge in [-0.25, -0.2) is 4.79 Å². The Kier molecular flexibility index (Phi) is 5.93. The molecule has 0 N–H and O–H groups in total. The number of para-hydroxylation sites is 1. The van der Waals surface area contributed by atoms with Crippen LogP contribution < -0.4 is 18.9 Å². The van der Waals surface area contributed by atoms with E-state index in [2.05, 4.69) is 0 Å². The third-order valence-electron chi connectivity index (χ3n) is 6.22. The van der Waals surface area contributed by atoms with Gasteiger partial charge in [0.25, 0.3) is 0 Å². The van der Waals surface area contributed by atoms with Crippen molar-refractivity contribution in [3.05, 3.63) is 88.2 Å². The lowest BCUT2D eigenvalue weighted by molar-refractivity contribution is -0.135. The maximum absolute atomic E-state index is 13.2. The van der Waals surface area contributed by atoms with E-state index in [1.807, 2.05) is 12.1 Å². The summed E-state index contributed by atoms with van der Waals surface area (Å²) in [6, 6.07) is 15.2. The zero-order chi connectivity index (χ0) is 25.4. The van der Waals surface area contributed by atoms with E-state index in [1.54, 1.807) is 55.7 Å². The number of carbonyl (C=O) groups excluding carboxylic acids is 3. The first-order valence-corrected chi connectivity index (χ1v) is 11.2. The first-order chi connectivity index (χ1) is 17.4. The molecule has 3 aromatic rings. The average Bonchev–Trinajstić information content (AvgIpc) is 3.22. The van der Waals surface area contributed by atoms with Crippen LogP contribution in [0.2, 0.25) is 0 Å². The van der Waals surface area contributed by atoms with Crippen molar-refractivity contribution in [3.63, 3.8) is 0 Å². The van der Waals surface area contributed by atoms with Gasteiger partial charge in [0.2, 0.25) is 5.78 Å². The molecule has 0 bridgehead atoms. The number of ether oxygens (including phenoxy) is 5. The van der Waals surface area contributed by atoms with Crippen molar-refractivity contribution < 1.29 is 38.1 Å². The van der Waals surface area contributed by atoms with Gasteiger partial charge in [0.05, 0.1) is 38.9 Å². The molecule has 0 fully saturated rings. The Morgan fingerprint density at radius 2 is 1.72 bits per heavy atom. The first kappa shape index (κ1) is 23.2. The molecule has 0 spiro atoms.